The second kappa shape index (κ2) is 7.50. The van der Waals surface area contributed by atoms with Gasteiger partial charge in [0.15, 0.2) is 0 Å². The fourth-order valence-electron chi connectivity index (χ4n) is 1.28. The van der Waals surface area contributed by atoms with Crippen molar-refractivity contribution in [2.75, 3.05) is 34.4 Å². The van der Waals surface area contributed by atoms with E-state index in [9.17, 15) is 4.79 Å². The van der Waals surface area contributed by atoms with Gasteiger partial charge in [0.05, 0.1) is 21.2 Å². The van der Waals surface area contributed by atoms with Crippen LogP contribution in [0.15, 0.2) is 30.3 Å². The molecular weight excluding hydrogens is 230 g/mol. The van der Waals surface area contributed by atoms with Crippen molar-refractivity contribution >= 4 is 12.0 Å². The largest absolute Gasteiger partial charge is 0.497 e. The summed E-state index contributed by atoms with van der Waals surface area (Å²) in [5.74, 6) is 0.482. The highest BCUT2D eigenvalue weighted by atomic mass is 16.5. The number of hydrogen-bond acceptors (Lipinski definition) is 3. The topological polar surface area (TPSA) is 40.0 Å². The maximum atomic E-state index is 11.4. The second-order valence-electron chi connectivity index (χ2n) is 4.23. The number of nitrogens with one attached hydrogen (secondary N) is 1. The van der Waals surface area contributed by atoms with Crippen molar-refractivity contribution in [1.29, 1.82) is 0 Å². The van der Waals surface area contributed by atoms with E-state index in [1.54, 1.807) is 13.2 Å². The van der Waals surface area contributed by atoms with Crippen molar-refractivity contribution in [2.45, 2.75) is 0 Å². The molecule has 0 unspecified atom stereocenters. The highest BCUT2D eigenvalue weighted by molar-refractivity contribution is 5.87. The van der Waals surface area contributed by atoms with Gasteiger partial charge in [-0.15, -0.1) is 0 Å². The molecular formula is C14H20NO3+. The summed E-state index contributed by atoms with van der Waals surface area (Å²) in [4.78, 5) is 12.6. The third-order valence-electron chi connectivity index (χ3n) is 2.37. The Bertz CT molecular complexity index is 396. The van der Waals surface area contributed by atoms with E-state index < -0.39 is 0 Å². The number of methoxy groups -OCH3 is 1. The van der Waals surface area contributed by atoms with Crippen molar-refractivity contribution in [3.63, 3.8) is 0 Å². The first-order chi connectivity index (χ1) is 8.61. The first-order valence-corrected chi connectivity index (χ1v) is 5.89. The minimum Gasteiger partial charge on any atom is -0.497 e. The highest BCUT2D eigenvalue weighted by Crippen LogP contribution is 2.12. The van der Waals surface area contributed by atoms with E-state index in [0.717, 1.165) is 17.9 Å². The Morgan fingerprint density at radius 1 is 1.28 bits per heavy atom. The molecule has 98 valence electrons. The smallest absolute Gasteiger partial charge is 0.330 e. The van der Waals surface area contributed by atoms with Gasteiger partial charge >= 0.3 is 5.97 Å². The summed E-state index contributed by atoms with van der Waals surface area (Å²) < 4.78 is 10.1. The van der Waals surface area contributed by atoms with Gasteiger partial charge in [-0.3, -0.25) is 0 Å². The molecule has 0 bridgehead atoms. The molecule has 0 atom stereocenters. The number of rotatable bonds is 6. The van der Waals surface area contributed by atoms with E-state index in [0.29, 0.717) is 6.61 Å². The van der Waals surface area contributed by atoms with Crippen molar-refractivity contribution in [2.24, 2.45) is 0 Å². The zero-order valence-corrected chi connectivity index (χ0v) is 11.1. The van der Waals surface area contributed by atoms with Crippen LogP contribution in [0.5, 0.6) is 5.75 Å². The molecule has 18 heavy (non-hydrogen) atoms. The van der Waals surface area contributed by atoms with Gasteiger partial charge in [-0.05, 0) is 23.8 Å². The van der Waals surface area contributed by atoms with E-state index in [2.05, 4.69) is 0 Å². The molecule has 1 rings (SSSR count). The van der Waals surface area contributed by atoms with Crippen molar-refractivity contribution in [3.8, 4) is 5.75 Å². The lowest BCUT2D eigenvalue weighted by atomic mass is 10.2. The highest BCUT2D eigenvalue weighted by Gasteiger charge is 1.99. The summed E-state index contributed by atoms with van der Waals surface area (Å²) in [6.45, 7) is 1.25. The third-order valence-corrected chi connectivity index (χ3v) is 2.37. The molecule has 1 aromatic carbocycles. The zero-order chi connectivity index (χ0) is 13.4. The molecule has 1 N–H and O–H groups in total. The van der Waals surface area contributed by atoms with Gasteiger partial charge in [0.1, 0.15) is 18.9 Å². The maximum absolute atomic E-state index is 11.4. The van der Waals surface area contributed by atoms with Crippen LogP contribution in [0.25, 0.3) is 6.08 Å². The molecule has 0 aliphatic heterocycles. The Morgan fingerprint density at radius 3 is 2.50 bits per heavy atom. The number of benzene rings is 1. The predicted molar refractivity (Wildman–Crippen MR) is 70.7 cm³/mol. The van der Waals surface area contributed by atoms with Gasteiger partial charge in [0.25, 0.3) is 0 Å². The van der Waals surface area contributed by atoms with Crippen LogP contribution in [0.4, 0.5) is 0 Å². The fraction of sp³-hybridized carbons (Fsp3) is 0.357. The number of quaternary nitrogens is 1. The number of ether oxygens (including phenoxy) is 2. The van der Waals surface area contributed by atoms with Crippen molar-refractivity contribution in [1.82, 2.24) is 0 Å². The predicted octanol–water partition coefficient (Wildman–Crippen LogP) is 0.396. The van der Waals surface area contributed by atoms with Gasteiger partial charge < -0.3 is 14.4 Å². The fourth-order valence-corrected chi connectivity index (χ4v) is 1.28. The molecule has 0 aliphatic rings. The lowest BCUT2D eigenvalue weighted by Gasteiger charge is -2.06. The molecule has 0 saturated carbocycles. The molecule has 0 aliphatic carbocycles. The van der Waals surface area contributed by atoms with Crippen LogP contribution in [-0.2, 0) is 9.53 Å². The lowest BCUT2D eigenvalue weighted by molar-refractivity contribution is -0.858. The first kappa shape index (κ1) is 14.3. The number of carbonyl (C=O) groups excluding carboxylic acids is 1. The van der Waals surface area contributed by atoms with Crippen molar-refractivity contribution < 1.29 is 19.2 Å². The summed E-state index contributed by atoms with van der Waals surface area (Å²) in [5.41, 5.74) is 0.936. The normalized spacial score (nSPS) is 10.9. The van der Waals surface area contributed by atoms with Crippen LogP contribution < -0.4 is 9.64 Å². The van der Waals surface area contributed by atoms with Crippen LogP contribution in [0.2, 0.25) is 0 Å². The summed E-state index contributed by atoms with van der Waals surface area (Å²) in [6.07, 6.45) is 3.16. The Hall–Kier alpha value is -1.81. The summed E-state index contributed by atoms with van der Waals surface area (Å²) in [7, 11) is 5.65. The zero-order valence-electron chi connectivity index (χ0n) is 11.1. The molecule has 0 radical (unpaired) electrons. The number of likely N-dealkylation sites (N-methyl/N-ethyl adjacent to an activating group) is 1. The van der Waals surface area contributed by atoms with Gasteiger partial charge in [0.2, 0.25) is 0 Å². The average molecular weight is 250 g/mol. The Kier molecular flexibility index (Phi) is 5.94. The van der Waals surface area contributed by atoms with E-state index >= 15 is 0 Å². The van der Waals surface area contributed by atoms with Crippen LogP contribution in [-0.4, -0.2) is 40.3 Å². The average Bonchev–Trinajstić information content (AvgIpc) is 2.36. The van der Waals surface area contributed by atoms with Gasteiger partial charge in [-0.1, -0.05) is 12.1 Å². The monoisotopic (exact) mass is 250 g/mol. The number of esters is 1. The summed E-state index contributed by atoms with van der Waals surface area (Å²) >= 11 is 0. The molecule has 0 heterocycles. The van der Waals surface area contributed by atoms with Crippen LogP contribution in [0.1, 0.15) is 5.56 Å². The molecule has 0 saturated heterocycles. The molecule has 1 aromatic rings. The van der Waals surface area contributed by atoms with E-state index in [1.165, 1.54) is 11.0 Å². The standard InChI is InChI=1S/C14H19NO3/c1-15(2)10-11-18-14(16)9-6-12-4-7-13(17-3)8-5-12/h4-9H,10-11H2,1-3H3/p+1. The molecule has 0 spiro atoms. The first-order valence-electron chi connectivity index (χ1n) is 5.89. The molecule has 4 nitrogen and oxygen atoms in total. The van der Waals surface area contributed by atoms with E-state index in [-0.39, 0.29) is 5.97 Å². The van der Waals surface area contributed by atoms with E-state index in [4.69, 9.17) is 9.47 Å². The summed E-state index contributed by atoms with van der Waals surface area (Å²) in [6, 6.07) is 7.46. The Balaban J connectivity index is 2.40. The summed E-state index contributed by atoms with van der Waals surface area (Å²) in [5, 5.41) is 0. The quantitative estimate of drug-likeness (QED) is 0.587. The third kappa shape index (κ3) is 5.50. The lowest BCUT2D eigenvalue weighted by Crippen LogP contribution is -3.06. The Labute approximate surface area is 108 Å². The maximum Gasteiger partial charge on any atom is 0.330 e. The minimum atomic E-state index is -0.313. The van der Waals surface area contributed by atoms with Crippen LogP contribution in [0, 0.1) is 0 Å². The molecule has 0 amide bonds. The minimum absolute atomic E-state index is 0.313. The van der Waals surface area contributed by atoms with Gasteiger partial charge in [-0.2, -0.15) is 0 Å². The number of carbonyl (C=O) groups is 1. The molecule has 4 heteroatoms. The van der Waals surface area contributed by atoms with Crippen LogP contribution >= 0.6 is 0 Å². The van der Waals surface area contributed by atoms with Gasteiger partial charge in [0, 0.05) is 6.08 Å². The second-order valence-corrected chi connectivity index (χ2v) is 4.23. The number of hydrogen-bond donors (Lipinski definition) is 1. The van der Waals surface area contributed by atoms with E-state index in [1.807, 2.05) is 38.4 Å². The SMILES string of the molecule is COc1ccc(C=CC(=O)OCC[NH+](C)C)cc1. The molecule has 0 fully saturated rings. The van der Waals surface area contributed by atoms with Crippen molar-refractivity contribution in [3.05, 3.63) is 35.9 Å². The Morgan fingerprint density at radius 2 is 1.94 bits per heavy atom. The van der Waals surface area contributed by atoms with Crippen LogP contribution in [0.3, 0.4) is 0 Å². The van der Waals surface area contributed by atoms with Gasteiger partial charge in [-0.25, -0.2) is 4.79 Å². The molecule has 0 aromatic heterocycles.